The zero-order valence-electron chi connectivity index (χ0n) is 5.63. The fraction of sp³-hybridized carbons (Fsp3) is 0. The molecule has 0 saturated heterocycles. The number of benzene rings is 1. The third-order valence-corrected chi connectivity index (χ3v) is 1.61. The Kier molecular flexibility index (Phi) is 1.88. The van der Waals surface area contributed by atoms with Crippen LogP contribution < -0.4 is 11.5 Å². The number of rotatable bonds is 0. The van der Waals surface area contributed by atoms with Gasteiger partial charge in [-0.1, -0.05) is 11.6 Å². The van der Waals surface area contributed by atoms with Crippen molar-refractivity contribution >= 4 is 23.0 Å². The highest BCUT2D eigenvalue weighted by atomic mass is 35.5. The average Bonchev–Trinajstić information content (AvgIpc) is 1.97. The molecule has 0 amide bonds. The normalized spacial score (nSPS) is 9.09. The molecule has 0 saturated carbocycles. The molecule has 0 radical (unpaired) electrons. The van der Waals surface area contributed by atoms with E-state index in [1.54, 1.807) is 0 Å². The van der Waals surface area contributed by atoms with Crippen LogP contribution in [0.4, 0.5) is 11.4 Å². The van der Waals surface area contributed by atoms with E-state index in [0.717, 1.165) is 0 Å². The van der Waals surface area contributed by atoms with Crippen molar-refractivity contribution in [3.05, 3.63) is 22.7 Å². The minimum atomic E-state index is 0.333. The summed E-state index contributed by atoms with van der Waals surface area (Å²) < 4.78 is 0. The number of nitrogen functional groups attached to an aromatic ring is 2. The van der Waals surface area contributed by atoms with Crippen LogP contribution in [-0.4, -0.2) is 0 Å². The zero-order valence-corrected chi connectivity index (χ0v) is 6.39. The van der Waals surface area contributed by atoms with Crippen molar-refractivity contribution < 1.29 is 0 Å². The molecular weight excluding hydrogens is 162 g/mol. The monoisotopic (exact) mass is 167 g/mol. The molecule has 11 heavy (non-hydrogen) atoms. The van der Waals surface area contributed by atoms with Crippen molar-refractivity contribution in [2.45, 2.75) is 0 Å². The first-order chi connectivity index (χ1) is 5.15. The van der Waals surface area contributed by atoms with Gasteiger partial charge in [-0.25, -0.2) is 0 Å². The maximum Gasteiger partial charge on any atom is 0.101 e. The predicted octanol–water partition coefficient (Wildman–Crippen LogP) is 1.38. The van der Waals surface area contributed by atoms with E-state index in [9.17, 15) is 0 Å². The summed E-state index contributed by atoms with van der Waals surface area (Å²) in [4.78, 5) is 0. The van der Waals surface area contributed by atoms with E-state index >= 15 is 0 Å². The van der Waals surface area contributed by atoms with Gasteiger partial charge in [0.1, 0.15) is 6.07 Å². The molecule has 0 atom stereocenters. The summed E-state index contributed by atoms with van der Waals surface area (Å²) >= 11 is 5.64. The average molecular weight is 168 g/mol. The van der Waals surface area contributed by atoms with Crippen molar-refractivity contribution in [1.82, 2.24) is 0 Å². The second-order valence-corrected chi connectivity index (χ2v) is 2.48. The van der Waals surface area contributed by atoms with E-state index in [1.807, 2.05) is 6.07 Å². The highest BCUT2D eigenvalue weighted by Crippen LogP contribution is 2.23. The molecule has 4 N–H and O–H groups in total. The Morgan fingerprint density at radius 2 is 1.82 bits per heavy atom. The summed E-state index contributed by atoms with van der Waals surface area (Å²) in [6.07, 6.45) is 0. The lowest BCUT2D eigenvalue weighted by molar-refractivity contribution is 1.48. The van der Waals surface area contributed by atoms with E-state index < -0.39 is 0 Å². The number of halogens is 1. The Balaban J connectivity index is 3.35. The molecule has 4 heteroatoms. The van der Waals surface area contributed by atoms with Crippen LogP contribution in [0.5, 0.6) is 0 Å². The molecule has 0 unspecified atom stereocenters. The number of hydrogen-bond acceptors (Lipinski definition) is 3. The van der Waals surface area contributed by atoms with Gasteiger partial charge in [0.2, 0.25) is 0 Å². The lowest BCUT2D eigenvalue weighted by Crippen LogP contribution is -1.95. The summed E-state index contributed by atoms with van der Waals surface area (Å²) in [6, 6.07) is 4.82. The molecule has 1 rings (SSSR count). The van der Waals surface area contributed by atoms with Gasteiger partial charge in [-0.2, -0.15) is 5.26 Å². The van der Waals surface area contributed by atoms with E-state index in [0.29, 0.717) is 22.0 Å². The zero-order chi connectivity index (χ0) is 8.43. The lowest BCUT2D eigenvalue weighted by Gasteiger charge is -2.00. The second-order valence-electron chi connectivity index (χ2n) is 2.07. The minimum absolute atomic E-state index is 0.333. The van der Waals surface area contributed by atoms with Gasteiger partial charge in [-0.3, -0.25) is 0 Å². The van der Waals surface area contributed by atoms with Crippen molar-refractivity contribution in [1.29, 1.82) is 5.26 Å². The summed E-state index contributed by atoms with van der Waals surface area (Å²) in [5.41, 5.74) is 12.0. The van der Waals surface area contributed by atoms with E-state index in [2.05, 4.69) is 0 Å². The Morgan fingerprint density at radius 3 is 2.36 bits per heavy atom. The quantitative estimate of drug-likeness (QED) is 0.573. The summed E-state index contributed by atoms with van der Waals surface area (Å²) in [7, 11) is 0. The van der Waals surface area contributed by atoms with Crippen LogP contribution in [0, 0.1) is 11.3 Å². The van der Waals surface area contributed by atoms with Crippen LogP contribution in [0.2, 0.25) is 5.02 Å². The minimum Gasteiger partial charge on any atom is -0.397 e. The fourth-order valence-corrected chi connectivity index (χ4v) is 0.905. The van der Waals surface area contributed by atoms with Crippen LogP contribution in [-0.2, 0) is 0 Å². The molecule has 3 nitrogen and oxygen atoms in total. The predicted molar refractivity (Wildman–Crippen MR) is 45.0 cm³/mol. The number of hydrogen-bond donors (Lipinski definition) is 2. The second kappa shape index (κ2) is 2.69. The first-order valence-corrected chi connectivity index (χ1v) is 3.27. The van der Waals surface area contributed by atoms with Gasteiger partial charge in [0.15, 0.2) is 0 Å². The molecule has 0 bridgehead atoms. The molecule has 1 aromatic rings. The maximum atomic E-state index is 8.50. The first kappa shape index (κ1) is 7.70. The summed E-state index contributed by atoms with van der Waals surface area (Å²) in [5, 5.41) is 8.84. The van der Waals surface area contributed by atoms with Gasteiger partial charge in [0, 0.05) is 0 Å². The number of nitriles is 1. The van der Waals surface area contributed by atoms with Gasteiger partial charge in [-0.15, -0.1) is 0 Å². The molecule has 56 valence electrons. The standard InChI is InChI=1S/C7H6ClN3/c8-5-2-7(11)6(10)1-4(5)3-9/h1-2H,10-11H2. The molecule has 1 aromatic carbocycles. The molecule has 0 aromatic heterocycles. The molecule has 0 aliphatic carbocycles. The number of anilines is 2. The van der Waals surface area contributed by atoms with Crippen molar-refractivity contribution in [3.8, 4) is 6.07 Å². The third kappa shape index (κ3) is 1.36. The van der Waals surface area contributed by atoms with E-state index in [4.69, 9.17) is 28.3 Å². The Labute approximate surface area is 69.2 Å². The highest BCUT2D eigenvalue weighted by Gasteiger charge is 2.02. The highest BCUT2D eigenvalue weighted by molar-refractivity contribution is 6.32. The van der Waals surface area contributed by atoms with Crippen molar-refractivity contribution in [2.24, 2.45) is 0 Å². The Hall–Kier alpha value is -1.40. The Morgan fingerprint density at radius 1 is 1.27 bits per heavy atom. The van der Waals surface area contributed by atoms with Crippen LogP contribution in [0.15, 0.2) is 12.1 Å². The van der Waals surface area contributed by atoms with E-state index in [1.165, 1.54) is 12.1 Å². The Bertz CT molecular complexity index is 327. The van der Waals surface area contributed by atoms with Crippen LogP contribution in [0.1, 0.15) is 5.56 Å². The largest absolute Gasteiger partial charge is 0.397 e. The SMILES string of the molecule is N#Cc1cc(N)c(N)cc1Cl. The van der Waals surface area contributed by atoms with E-state index in [-0.39, 0.29) is 0 Å². The number of nitrogens with zero attached hydrogens (tertiary/aromatic N) is 1. The van der Waals surface area contributed by atoms with Gasteiger partial charge >= 0.3 is 0 Å². The lowest BCUT2D eigenvalue weighted by atomic mass is 10.2. The summed E-state index contributed by atoms with van der Waals surface area (Å²) in [5.74, 6) is 0. The van der Waals surface area contributed by atoms with Gasteiger partial charge in [0.25, 0.3) is 0 Å². The van der Waals surface area contributed by atoms with Crippen LogP contribution in [0.25, 0.3) is 0 Å². The first-order valence-electron chi connectivity index (χ1n) is 2.89. The van der Waals surface area contributed by atoms with Gasteiger partial charge < -0.3 is 11.5 Å². The van der Waals surface area contributed by atoms with Crippen molar-refractivity contribution in [2.75, 3.05) is 11.5 Å². The maximum absolute atomic E-state index is 8.50. The molecular formula is C7H6ClN3. The summed E-state index contributed by atoms with van der Waals surface area (Å²) in [6.45, 7) is 0. The van der Waals surface area contributed by atoms with Gasteiger partial charge in [0.05, 0.1) is 22.0 Å². The molecule has 0 fully saturated rings. The fourth-order valence-electron chi connectivity index (χ4n) is 0.691. The van der Waals surface area contributed by atoms with Crippen LogP contribution >= 0.6 is 11.6 Å². The smallest absolute Gasteiger partial charge is 0.101 e. The molecule has 0 aliphatic rings. The topological polar surface area (TPSA) is 75.8 Å². The van der Waals surface area contributed by atoms with Gasteiger partial charge in [-0.05, 0) is 12.1 Å². The third-order valence-electron chi connectivity index (χ3n) is 1.29. The molecule has 0 spiro atoms. The van der Waals surface area contributed by atoms with Crippen molar-refractivity contribution in [3.63, 3.8) is 0 Å². The number of nitrogens with two attached hydrogens (primary N) is 2. The van der Waals surface area contributed by atoms with Crippen LogP contribution in [0.3, 0.4) is 0 Å². The molecule has 0 heterocycles. The molecule has 0 aliphatic heterocycles.